The lowest BCUT2D eigenvalue weighted by molar-refractivity contribution is -0.134. The highest BCUT2D eigenvalue weighted by atomic mass is 16.5. The van der Waals surface area contributed by atoms with Gasteiger partial charge in [0.2, 0.25) is 5.78 Å². The molecule has 0 aromatic heterocycles. The van der Waals surface area contributed by atoms with Crippen LogP contribution in [-0.4, -0.2) is 18.7 Å². The molecule has 0 saturated heterocycles. The third-order valence-corrected chi connectivity index (χ3v) is 1.49. The van der Waals surface area contributed by atoms with Gasteiger partial charge in [-0.1, -0.05) is 6.08 Å². The summed E-state index contributed by atoms with van der Waals surface area (Å²) < 4.78 is 4.67. The third-order valence-electron chi connectivity index (χ3n) is 1.49. The second-order valence-electron chi connectivity index (χ2n) is 2.24. The lowest BCUT2D eigenvalue weighted by Crippen LogP contribution is -2.20. The summed E-state index contributed by atoms with van der Waals surface area (Å²) in [5.74, 6) is -0.933. The molecular formula is C8H8O3. The molecule has 0 aromatic carbocycles. The molecule has 0 heterocycles. The number of ether oxygens (including phenoxy) is 1. The molecule has 0 atom stereocenters. The molecule has 0 spiro atoms. The fourth-order valence-electron chi connectivity index (χ4n) is 0.804. The second kappa shape index (κ2) is 2.70. The molecule has 0 aromatic rings. The van der Waals surface area contributed by atoms with Gasteiger partial charge in [-0.15, -0.1) is 0 Å². The molecule has 3 heteroatoms. The van der Waals surface area contributed by atoms with Gasteiger partial charge in [-0.2, -0.15) is 0 Å². The smallest absolute Gasteiger partial charge is 0.267 e. The van der Waals surface area contributed by atoms with Crippen molar-refractivity contribution in [3.63, 3.8) is 0 Å². The van der Waals surface area contributed by atoms with Gasteiger partial charge >= 0.3 is 0 Å². The van der Waals surface area contributed by atoms with E-state index in [2.05, 4.69) is 4.74 Å². The highest BCUT2D eigenvalue weighted by Gasteiger charge is 2.23. The van der Waals surface area contributed by atoms with Crippen LogP contribution >= 0.6 is 0 Å². The quantitative estimate of drug-likeness (QED) is 0.408. The maximum absolute atomic E-state index is 11.0. The Bertz CT molecular complexity index is 271. The Kier molecular flexibility index (Phi) is 1.89. The molecule has 0 fully saturated rings. The average Bonchev–Trinajstić information content (AvgIpc) is 2.01. The maximum Gasteiger partial charge on any atom is 0.267 e. The van der Waals surface area contributed by atoms with Crippen LogP contribution in [-0.2, 0) is 14.3 Å². The fourth-order valence-corrected chi connectivity index (χ4v) is 0.804. The number of carbonyl (C=O) groups is 2. The van der Waals surface area contributed by atoms with Gasteiger partial charge in [-0.05, 0) is 13.0 Å². The predicted octanol–water partition coefficient (Wildman–Crippen LogP) is 0.615. The highest BCUT2D eigenvalue weighted by Crippen LogP contribution is 2.10. The van der Waals surface area contributed by atoms with E-state index in [9.17, 15) is 9.59 Å². The molecule has 3 nitrogen and oxygen atoms in total. The Morgan fingerprint density at radius 2 is 1.82 bits per heavy atom. The predicted molar refractivity (Wildman–Crippen MR) is 38.9 cm³/mol. The van der Waals surface area contributed by atoms with E-state index in [0.29, 0.717) is 5.57 Å². The van der Waals surface area contributed by atoms with Gasteiger partial charge in [0, 0.05) is 5.57 Å². The first-order chi connectivity index (χ1) is 5.16. The van der Waals surface area contributed by atoms with Crippen LogP contribution in [0.2, 0.25) is 0 Å². The number of hydrogen-bond acceptors (Lipinski definition) is 3. The van der Waals surface area contributed by atoms with Crippen LogP contribution in [0, 0.1) is 0 Å². The summed E-state index contributed by atoms with van der Waals surface area (Å²) in [5.41, 5.74) is 0.454. The first kappa shape index (κ1) is 7.72. The van der Waals surface area contributed by atoms with Gasteiger partial charge in [0.05, 0.1) is 7.11 Å². The minimum atomic E-state index is -0.562. The van der Waals surface area contributed by atoms with Crippen molar-refractivity contribution < 1.29 is 14.3 Å². The van der Waals surface area contributed by atoms with Crippen molar-refractivity contribution >= 4 is 11.6 Å². The van der Waals surface area contributed by atoms with Crippen LogP contribution in [0.4, 0.5) is 0 Å². The lowest BCUT2D eigenvalue weighted by Gasteiger charge is -2.07. The van der Waals surface area contributed by atoms with Gasteiger partial charge in [0.25, 0.3) is 5.78 Å². The zero-order valence-electron chi connectivity index (χ0n) is 6.38. The lowest BCUT2D eigenvalue weighted by atomic mass is 10.0. The monoisotopic (exact) mass is 152 g/mol. The van der Waals surface area contributed by atoms with Crippen molar-refractivity contribution in [3.8, 4) is 0 Å². The molecule has 0 unspecified atom stereocenters. The number of carbonyl (C=O) groups excluding carboxylic acids is 2. The Morgan fingerprint density at radius 1 is 1.18 bits per heavy atom. The number of allylic oxidation sites excluding steroid dienone is 4. The third kappa shape index (κ3) is 1.22. The van der Waals surface area contributed by atoms with Crippen LogP contribution < -0.4 is 0 Å². The van der Waals surface area contributed by atoms with E-state index in [-0.39, 0.29) is 5.76 Å². The Hall–Kier alpha value is -1.38. The number of hydrogen-bond donors (Lipinski definition) is 0. The number of rotatable bonds is 1. The SMILES string of the molecule is COC1=CC=C(C)C(=O)C1=O. The standard InChI is InChI=1S/C8H8O3/c1-5-3-4-6(11-2)8(10)7(5)9/h3-4H,1-2H3. The van der Waals surface area contributed by atoms with Gasteiger partial charge in [0.1, 0.15) is 0 Å². The molecule has 0 radical (unpaired) electrons. The minimum Gasteiger partial charge on any atom is -0.493 e. The summed E-state index contributed by atoms with van der Waals surface area (Å²) in [6.45, 7) is 1.60. The van der Waals surface area contributed by atoms with E-state index in [1.165, 1.54) is 13.2 Å². The Labute approximate surface area is 64.3 Å². The summed E-state index contributed by atoms with van der Waals surface area (Å²) in [6.07, 6.45) is 3.07. The van der Waals surface area contributed by atoms with Crippen LogP contribution in [0.15, 0.2) is 23.5 Å². The van der Waals surface area contributed by atoms with Gasteiger partial charge in [-0.3, -0.25) is 9.59 Å². The first-order valence-corrected chi connectivity index (χ1v) is 3.18. The summed E-state index contributed by atoms with van der Waals surface area (Å²) in [5, 5.41) is 0. The van der Waals surface area contributed by atoms with Crippen molar-refractivity contribution in [3.05, 3.63) is 23.5 Å². The van der Waals surface area contributed by atoms with Gasteiger partial charge < -0.3 is 4.74 Å². The molecule has 0 saturated carbocycles. The summed E-state index contributed by atoms with van der Waals surface area (Å²) in [6, 6.07) is 0. The fraction of sp³-hybridized carbons (Fsp3) is 0.250. The average molecular weight is 152 g/mol. The van der Waals surface area contributed by atoms with Crippen LogP contribution in [0.1, 0.15) is 6.92 Å². The van der Waals surface area contributed by atoms with Crippen LogP contribution in [0.5, 0.6) is 0 Å². The van der Waals surface area contributed by atoms with E-state index >= 15 is 0 Å². The van der Waals surface area contributed by atoms with Crippen LogP contribution in [0.25, 0.3) is 0 Å². The van der Waals surface area contributed by atoms with Crippen LogP contribution in [0.3, 0.4) is 0 Å². The molecule has 0 aliphatic heterocycles. The van der Waals surface area contributed by atoms with Crippen molar-refractivity contribution in [1.82, 2.24) is 0 Å². The molecule has 0 bridgehead atoms. The molecular weight excluding hydrogens is 144 g/mol. The molecule has 1 rings (SSSR count). The summed E-state index contributed by atoms with van der Waals surface area (Å²) in [4.78, 5) is 21.9. The molecule has 1 aliphatic rings. The normalized spacial score (nSPS) is 17.6. The van der Waals surface area contributed by atoms with Crippen molar-refractivity contribution in [2.75, 3.05) is 7.11 Å². The number of methoxy groups -OCH3 is 1. The Balaban J connectivity index is 3.03. The largest absolute Gasteiger partial charge is 0.493 e. The molecule has 58 valence electrons. The van der Waals surface area contributed by atoms with Gasteiger partial charge in [-0.25, -0.2) is 0 Å². The molecule has 11 heavy (non-hydrogen) atoms. The van der Waals surface area contributed by atoms with Gasteiger partial charge in [0.15, 0.2) is 5.76 Å². The first-order valence-electron chi connectivity index (χ1n) is 3.18. The van der Waals surface area contributed by atoms with Crippen molar-refractivity contribution in [2.45, 2.75) is 6.92 Å². The van der Waals surface area contributed by atoms with E-state index in [1.54, 1.807) is 13.0 Å². The zero-order valence-corrected chi connectivity index (χ0v) is 6.38. The van der Waals surface area contributed by atoms with E-state index < -0.39 is 11.6 Å². The molecule has 0 N–H and O–H groups in total. The van der Waals surface area contributed by atoms with E-state index in [1.807, 2.05) is 0 Å². The van der Waals surface area contributed by atoms with Crippen molar-refractivity contribution in [2.24, 2.45) is 0 Å². The topological polar surface area (TPSA) is 43.4 Å². The highest BCUT2D eigenvalue weighted by molar-refractivity contribution is 6.49. The van der Waals surface area contributed by atoms with E-state index in [4.69, 9.17) is 0 Å². The number of Topliss-reactive ketones (excluding diaryl/α,β-unsaturated/α-hetero) is 2. The van der Waals surface area contributed by atoms with Crippen molar-refractivity contribution in [1.29, 1.82) is 0 Å². The Morgan fingerprint density at radius 3 is 2.36 bits per heavy atom. The maximum atomic E-state index is 11.0. The molecule has 0 amide bonds. The summed E-state index contributed by atoms with van der Waals surface area (Å²) >= 11 is 0. The zero-order chi connectivity index (χ0) is 8.43. The minimum absolute atomic E-state index is 0.112. The number of ketones is 2. The second-order valence-corrected chi connectivity index (χ2v) is 2.24. The summed E-state index contributed by atoms with van der Waals surface area (Å²) in [7, 11) is 1.37. The molecule has 1 aliphatic carbocycles. The van der Waals surface area contributed by atoms with E-state index in [0.717, 1.165) is 0 Å².